The van der Waals surface area contributed by atoms with Gasteiger partial charge in [-0.2, -0.15) is 0 Å². The lowest BCUT2D eigenvalue weighted by atomic mass is 9.85. The summed E-state index contributed by atoms with van der Waals surface area (Å²) < 4.78 is 5.51. The summed E-state index contributed by atoms with van der Waals surface area (Å²) in [5.74, 6) is 0.967. The fourth-order valence-corrected chi connectivity index (χ4v) is 3.58. The van der Waals surface area contributed by atoms with E-state index in [1.165, 1.54) is 37.8 Å². The summed E-state index contributed by atoms with van der Waals surface area (Å²) in [5.41, 5.74) is 1.62. The quantitative estimate of drug-likeness (QED) is 0.739. The lowest BCUT2D eigenvalue weighted by Crippen LogP contribution is -2.41. The van der Waals surface area contributed by atoms with E-state index in [2.05, 4.69) is 36.3 Å². The van der Waals surface area contributed by atoms with Crippen molar-refractivity contribution in [3.8, 4) is 5.75 Å². The summed E-state index contributed by atoms with van der Waals surface area (Å²) in [6.45, 7) is 5.60. The zero-order valence-corrected chi connectivity index (χ0v) is 13.8. The number of methoxy groups -OCH3 is 1. The van der Waals surface area contributed by atoms with E-state index in [0.29, 0.717) is 5.41 Å². The predicted molar refractivity (Wildman–Crippen MR) is 90.3 cm³/mol. The van der Waals surface area contributed by atoms with Crippen molar-refractivity contribution in [2.75, 3.05) is 38.7 Å². The van der Waals surface area contributed by atoms with Crippen LogP contribution >= 0.6 is 0 Å². The first-order valence-corrected chi connectivity index (χ1v) is 8.26. The molecule has 0 aromatic heterocycles. The highest BCUT2D eigenvalue weighted by atomic mass is 16.5. The molecule has 1 aliphatic rings. The van der Waals surface area contributed by atoms with Crippen LogP contribution in [0.2, 0.25) is 0 Å². The molecule has 0 spiro atoms. The molecule has 0 saturated heterocycles. The lowest BCUT2D eigenvalue weighted by molar-refractivity contribution is 0.286. The normalized spacial score (nSPS) is 16.9. The molecule has 1 aromatic carbocycles. The molecule has 0 heterocycles. The Labute approximate surface area is 129 Å². The van der Waals surface area contributed by atoms with Gasteiger partial charge in [-0.1, -0.05) is 31.9 Å². The number of ether oxygens (including phenoxy) is 1. The molecule has 0 radical (unpaired) electrons. The molecule has 1 saturated carbocycles. The second kappa shape index (κ2) is 7.69. The minimum Gasteiger partial charge on any atom is -0.495 e. The van der Waals surface area contributed by atoms with Gasteiger partial charge in [0.2, 0.25) is 0 Å². The first kappa shape index (κ1) is 16.2. The van der Waals surface area contributed by atoms with Crippen molar-refractivity contribution < 1.29 is 4.74 Å². The highest BCUT2D eigenvalue weighted by Crippen LogP contribution is 2.40. The maximum atomic E-state index is 5.51. The van der Waals surface area contributed by atoms with Crippen LogP contribution in [0.4, 0.5) is 5.69 Å². The Hall–Kier alpha value is -1.22. The van der Waals surface area contributed by atoms with Crippen LogP contribution < -0.4 is 15.0 Å². The van der Waals surface area contributed by atoms with E-state index < -0.39 is 0 Å². The van der Waals surface area contributed by atoms with Crippen molar-refractivity contribution in [3.63, 3.8) is 0 Å². The Morgan fingerprint density at radius 3 is 2.62 bits per heavy atom. The first-order chi connectivity index (χ1) is 10.2. The molecule has 1 fully saturated rings. The fourth-order valence-electron chi connectivity index (χ4n) is 3.58. The van der Waals surface area contributed by atoms with Crippen LogP contribution in [0.25, 0.3) is 0 Å². The molecule has 0 aliphatic heterocycles. The average molecular weight is 290 g/mol. The monoisotopic (exact) mass is 290 g/mol. The molecule has 0 amide bonds. The number of nitrogens with zero attached hydrogens (tertiary/aromatic N) is 1. The van der Waals surface area contributed by atoms with Crippen molar-refractivity contribution in [3.05, 3.63) is 24.3 Å². The third-order valence-corrected chi connectivity index (χ3v) is 4.66. The van der Waals surface area contributed by atoms with Crippen LogP contribution in [0.1, 0.15) is 39.0 Å². The third kappa shape index (κ3) is 4.13. The van der Waals surface area contributed by atoms with E-state index in [4.69, 9.17) is 4.74 Å². The number of benzene rings is 1. The largest absolute Gasteiger partial charge is 0.495 e. The number of hydrogen-bond donors (Lipinski definition) is 1. The maximum absolute atomic E-state index is 5.51. The minimum absolute atomic E-state index is 0.421. The Bertz CT molecular complexity index is 427. The summed E-state index contributed by atoms with van der Waals surface area (Å²) in [5, 5.41) is 3.65. The SMILES string of the molecule is CCCNCC1(CN(C)c2ccccc2OC)CCCC1. The fraction of sp³-hybridized carbons (Fsp3) is 0.667. The number of nitrogens with one attached hydrogen (secondary N) is 1. The van der Waals surface area contributed by atoms with E-state index in [1.54, 1.807) is 7.11 Å². The Balaban J connectivity index is 2.05. The summed E-state index contributed by atoms with van der Waals surface area (Å²) in [6.07, 6.45) is 6.62. The van der Waals surface area contributed by atoms with Crippen molar-refractivity contribution >= 4 is 5.69 Å². The summed E-state index contributed by atoms with van der Waals surface area (Å²) in [6, 6.07) is 8.32. The average Bonchev–Trinajstić information content (AvgIpc) is 2.96. The van der Waals surface area contributed by atoms with Crippen molar-refractivity contribution in [2.45, 2.75) is 39.0 Å². The van der Waals surface area contributed by atoms with Gasteiger partial charge in [0.1, 0.15) is 5.75 Å². The van der Waals surface area contributed by atoms with Crippen LogP contribution in [0, 0.1) is 5.41 Å². The lowest BCUT2D eigenvalue weighted by Gasteiger charge is -2.35. The standard InChI is InChI=1S/C18H30N2O/c1-4-13-19-14-18(11-7-8-12-18)15-20(2)16-9-5-6-10-17(16)21-3/h5-6,9-10,19H,4,7-8,11-15H2,1-3H3. The summed E-state index contributed by atoms with van der Waals surface area (Å²) in [7, 11) is 3.94. The van der Waals surface area contributed by atoms with Gasteiger partial charge in [0.15, 0.2) is 0 Å². The number of rotatable bonds is 8. The Morgan fingerprint density at radius 2 is 1.95 bits per heavy atom. The highest BCUT2D eigenvalue weighted by molar-refractivity contribution is 5.58. The van der Waals surface area contributed by atoms with E-state index in [9.17, 15) is 0 Å². The van der Waals surface area contributed by atoms with Gasteiger partial charge in [0.05, 0.1) is 12.8 Å². The Morgan fingerprint density at radius 1 is 1.24 bits per heavy atom. The highest BCUT2D eigenvalue weighted by Gasteiger charge is 2.34. The van der Waals surface area contributed by atoms with Gasteiger partial charge in [-0.05, 0) is 37.9 Å². The minimum atomic E-state index is 0.421. The smallest absolute Gasteiger partial charge is 0.142 e. The van der Waals surface area contributed by atoms with Gasteiger partial charge in [-0.25, -0.2) is 0 Å². The van der Waals surface area contributed by atoms with Crippen LogP contribution in [0.15, 0.2) is 24.3 Å². The van der Waals surface area contributed by atoms with Crippen LogP contribution in [0.5, 0.6) is 5.75 Å². The molecule has 3 nitrogen and oxygen atoms in total. The molecule has 118 valence electrons. The topological polar surface area (TPSA) is 24.5 Å². The molecule has 1 aromatic rings. The second-order valence-corrected chi connectivity index (χ2v) is 6.41. The van der Waals surface area contributed by atoms with Crippen molar-refractivity contribution in [1.29, 1.82) is 0 Å². The van der Waals surface area contributed by atoms with Gasteiger partial charge in [0, 0.05) is 25.6 Å². The number of para-hydroxylation sites is 2. The molecule has 21 heavy (non-hydrogen) atoms. The van der Waals surface area contributed by atoms with Crippen LogP contribution in [-0.4, -0.2) is 33.8 Å². The van der Waals surface area contributed by atoms with Gasteiger partial charge in [-0.3, -0.25) is 0 Å². The predicted octanol–water partition coefficient (Wildman–Crippen LogP) is 3.69. The summed E-state index contributed by atoms with van der Waals surface area (Å²) in [4.78, 5) is 2.37. The third-order valence-electron chi connectivity index (χ3n) is 4.66. The summed E-state index contributed by atoms with van der Waals surface area (Å²) >= 11 is 0. The molecule has 2 rings (SSSR count). The first-order valence-electron chi connectivity index (χ1n) is 8.26. The van der Waals surface area contributed by atoms with Gasteiger partial charge >= 0.3 is 0 Å². The van der Waals surface area contributed by atoms with E-state index in [0.717, 1.165) is 25.4 Å². The van der Waals surface area contributed by atoms with Crippen LogP contribution in [-0.2, 0) is 0 Å². The van der Waals surface area contributed by atoms with E-state index >= 15 is 0 Å². The molecule has 0 unspecified atom stereocenters. The molecule has 0 bridgehead atoms. The number of anilines is 1. The van der Waals surface area contributed by atoms with Crippen molar-refractivity contribution in [2.24, 2.45) is 5.41 Å². The van der Waals surface area contributed by atoms with E-state index in [-0.39, 0.29) is 0 Å². The molecule has 0 atom stereocenters. The molecular formula is C18H30N2O. The maximum Gasteiger partial charge on any atom is 0.142 e. The number of hydrogen-bond acceptors (Lipinski definition) is 3. The molecule has 1 N–H and O–H groups in total. The molecular weight excluding hydrogens is 260 g/mol. The second-order valence-electron chi connectivity index (χ2n) is 6.41. The van der Waals surface area contributed by atoms with Crippen molar-refractivity contribution in [1.82, 2.24) is 5.32 Å². The Kier molecular flexibility index (Phi) is 5.92. The van der Waals surface area contributed by atoms with Crippen LogP contribution in [0.3, 0.4) is 0 Å². The van der Waals surface area contributed by atoms with Gasteiger partial charge in [-0.15, -0.1) is 0 Å². The zero-order valence-electron chi connectivity index (χ0n) is 13.8. The van der Waals surface area contributed by atoms with Gasteiger partial charge in [0.25, 0.3) is 0 Å². The van der Waals surface area contributed by atoms with E-state index in [1.807, 2.05) is 12.1 Å². The van der Waals surface area contributed by atoms with Gasteiger partial charge < -0.3 is 15.0 Å². The molecule has 1 aliphatic carbocycles. The molecule has 3 heteroatoms. The zero-order chi connectivity index (χ0) is 15.1.